The quantitative estimate of drug-likeness (QED) is 0.749. The summed E-state index contributed by atoms with van der Waals surface area (Å²) in [7, 11) is 1.63. The molecule has 1 aliphatic rings. The van der Waals surface area contributed by atoms with Crippen LogP contribution in [-0.4, -0.2) is 37.9 Å². The molecule has 1 heterocycles. The molecule has 1 unspecified atom stereocenters. The predicted octanol–water partition coefficient (Wildman–Crippen LogP) is 2.67. The molecule has 0 radical (unpaired) electrons. The first-order chi connectivity index (χ1) is 12.2. The van der Waals surface area contributed by atoms with E-state index in [9.17, 15) is 9.90 Å². The van der Waals surface area contributed by atoms with E-state index < -0.39 is 5.97 Å². The highest BCUT2D eigenvalue weighted by molar-refractivity contribution is 5.91. The van der Waals surface area contributed by atoms with Crippen molar-refractivity contribution in [2.24, 2.45) is 0 Å². The van der Waals surface area contributed by atoms with Crippen molar-refractivity contribution in [1.29, 1.82) is 0 Å². The van der Waals surface area contributed by atoms with E-state index in [1.54, 1.807) is 13.2 Å². The minimum atomic E-state index is -0.947. The number of carboxylic acid groups (broad SMARTS) is 1. The third-order valence-corrected chi connectivity index (χ3v) is 4.21. The lowest BCUT2D eigenvalue weighted by Gasteiger charge is -2.25. The van der Waals surface area contributed by atoms with Crippen molar-refractivity contribution >= 4 is 11.7 Å². The minimum Gasteiger partial charge on any atom is -0.497 e. The molecule has 6 heteroatoms. The predicted molar refractivity (Wildman–Crippen MR) is 95.3 cm³/mol. The van der Waals surface area contributed by atoms with E-state index in [4.69, 9.17) is 9.47 Å². The van der Waals surface area contributed by atoms with Crippen LogP contribution in [0.25, 0.3) is 0 Å². The summed E-state index contributed by atoms with van der Waals surface area (Å²) in [5.41, 5.74) is 2.82. The summed E-state index contributed by atoms with van der Waals surface area (Å²) in [6.07, 6.45) is -0.226. The number of carbonyl (C=O) groups is 1. The SMILES string of the molecule is COc1ccc(CNc2ccc(C3CNCCO3)c(C(=O)O)c2)cc1. The van der Waals surface area contributed by atoms with Crippen LogP contribution in [0.15, 0.2) is 42.5 Å². The van der Waals surface area contributed by atoms with Crippen LogP contribution in [0.5, 0.6) is 5.75 Å². The Morgan fingerprint density at radius 1 is 1.32 bits per heavy atom. The third kappa shape index (κ3) is 4.29. The maximum absolute atomic E-state index is 11.6. The van der Waals surface area contributed by atoms with E-state index >= 15 is 0 Å². The maximum Gasteiger partial charge on any atom is 0.336 e. The van der Waals surface area contributed by atoms with Gasteiger partial charge in [0.1, 0.15) is 5.75 Å². The molecule has 0 spiro atoms. The van der Waals surface area contributed by atoms with Crippen LogP contribution in [-0.2, 0) is 11.3 Å². The zero-order chi connectivity index (χ0) is 17.6. The van der Waals surface area contributed by atoms with Crippen LogP contribution in [0.4, 0.5) is 5.69 Å². The monoisotopic (exact) mass is 342 g/mol. The zero-order valence-electron chi connectivity index (χ0n) is 14.1. The molecule has 132 valence electrons. The first-order valence-electron chi connectivity index (χ1n) is 8.24. The molecule has 0 aliphatic carbocycles. The molecule has 6 nitrogen and oxygen atoms in total. The van der Waals surface area contributed by atoms with Crippen molar-refractivity contribution in [3.8, 4) is 5.75 Å². The first kappa shape index (κ1) is 17.3. The zero-order valence-corrected chi connectivity index (χ0v) is 14.1. The standard InChI is InChI=1S/C19H22N2O4/c1-24-15-5-2-13(3-6-15)11-21-14-4-7-16(17(10-14)19(22)23)18-12-20-8-9-25-18/h2-7,10,18,20-21H,8-9,11-12H2,1H3,(H,22,23). The lowest BCUT2D eigenvalue weighted by atomic mass is 10.0. The summed E-state index contributed by atoms with van der Waals surface area (Å²) < 4.78 is 10.8. The number of anilines is 1. The fraction of sp³-hybridized carbons (Fsp3) is 0.316. The second-order valence-corrected chi connectivity index (χ2v) is 5.87. The first-order valence-corrected chi connectivity index (χ1v) is 8.24. The Hall–Kier alpha value is -2.57. The fourth-order valence-electron chi connectivity index (χ4n) is 2.84. The van der Waals surface area contributed by atoms with Crippen molar-refractivity contribution in [1.82, 2.24) is 5.32 Å². The molecule has 1 saturated heterocycles. The number of morpholine rings is 1. The number of ether oxygens (including phenoxy) is 2. The highest BCUT2D eigenvalue weighted by Crippen LogP contribution is 2.26. The number of rotatable bonds is 6. The minimum absolute atomic E-state index is 0.226. The Balaban J connectivity index is 1.73. The summed E-state index contributed by atoms with van der Waals surface area (Å²) in [5.74, 6) is -0.139. The van der Waals surface area contributed by atoms with Crippen LogP contribution in [0.3, 0.4) is 0 Å². The molecule has 1 fully saturated rings. The van der Waals surface area contributed by atoms with Gasteiger partial charge < -0.3 is 25.2 Å². The molecule has 0 bridgehead atoms. The normalized spacial score (nSPS) is 17.1. The van der Waals surface area contributed by atoms with Crippen LogP contribution in [0.2, 0.25) is 0 Å². The highest BCUT2D eigenvalue weighted by atomic mass is 16.5. The summed E-state index contributed by atoms with van der Waals surface area (Å²) in [4.78, 5) is 11.6. The topological polar surface area (TPSA) is 79.8 Å². The van der Waals surface area contributed by atoms with Gasteiger partial charge in [-0.15, -0.1) is 0 Å². The Bertz CT molecular complexity index is 725. The van der Waals surface area contributed by atoms with Gasteiger partial charge in [-0.1, -0.05) is 18.2 Å². The molecule has 1 aliphatic heterocycles. The molecule has 0 saturated carbocycles. The van der Waals surface area contributed by atoms with Gasteiger partial charge in [0.15, 0.2) is 0 Å². The van der Waals surface area contributed by atoms with E-state index in [0.717, 1.165) is 23.5 Å². The highest BCUT2D eigenvalue weighted by Gasteiger charge is 2.22. The van der Waals surface area contributed by atoms with Gasteiger partial charge in [-0.05, 0) is 35.4 Å². The summed E-state index contributed by atoms with van der Waals surface area (Å²) in [6.45, 7) is 2.60. The fourth-order valence-corrected chi connectivity index (χ4v) is 2.84. The van der Waals surface area contributed by atoms with E-state index in [0.29, 0.717) is 25.3 Å². The Kier molecular flexibility index (Phi) is 5.53. The van der Waals surface area contributed by atoms with Crippen molar-refractivity contribution in [2.45, 2.75) is 12.6 Å². The molecule has 0 amide bonds. The molecule has 2 aromatic rings. The van der Waals surface area contributed by atoms with Crippen LogP contribution in [0, 0.1) is 0 Å². The molecule has 3 N–H and O–H groups in total. The molecular formula is C19H22N2O4. The number of carboxylic acids is 1. The van der Waals surface area contributed by atoms with Crippen LogP contribution in [0.1, 0.15) is 27.6 Å². The molecule has 2 aromatic carbocycles. The Morgan fingerprint density at radius 3 is 2.76 bits per heavy atom. The Morgan fingerprint density at radius 2 is 2.12 bits per heavy atom. The van der Waals surface area contributed by atoms with Gasteiger partial charge in [-0.2, -0.15) is 0 Å². The third-order valence-electron chi connectivity index (χ3n) is 4.21. The van der Waals surface area contributed by atoms with Crippen molar-refractivity contribution in [3.05, 3.63) is 59.2 Å². The summed E-state index contributed by atoms with van der Waals surface area (Å²) in [5, 5.41) is 16.0. The maximum atomic E-state index is 11.6. The van der Waals surface area contributed by atoms with Gasteiger partial charge in [0.2, 0.25) is 0 Å². The smallest absolute Gasteiger partial charge is 0.336 e. The van der Waals surface area contributed by atoms with Gasteiger partial charge in [0, 0.05) is 25.3 Å². The van der Waals surface area contributed by atoms with E-state index in [1.165, 1.54) is 0 Å². The number of benzene rings is 2. The Labute approximate surface area is 146 Å². The lowest BCUT2D eigenvalue weighted by Crippen LogP contribution is -2.34. The number of hydrogen-bond donors (Lipinski definition) is 3. The second kappa shape index (κ2) is 8.00. The van der Waals surface area contributed by atoms with E-state index in [1.807, 2.05) is 36.4 Å². The molecular weight excluding hydrogens is 320 g/mol. The van der Waals surface area contributed by atoms with Crippen LogP contribution >= 0.6 is 0 Å². The largest absolute Gasteiger partial charge is 0.497 e. The van der Waals surface area contributed by atoms with E-state index in [-0.39, 0.29) is 11.7 Å². The van der Waals surface area contributed by atoms with Gasteiger partial charge in [0.25, 0.3) is 0 Å². The van der Waals surface area contributed by atoms with Gasteiger partial charge in [-0.25, -0.2) is 4.79 Å². The average molecular weight is 342 g/mol. The van der Waals surface area contributed by atoms with E-state index in [2.05, 4.69) is 10.6 Å². The number of nitrogens with one attached hydrogen (secondary N) is 2. The van der Waals surface area contributed by atoms with Crippen molar-refractivity contribution < 1.29 is 19.4 Å². The van der Waals surface area contributed by atoms with Crippen molar-refractivity contribution in [2.75, 3.05) is 32.1 Å². The van der Waals surface area contributed by atoms with Gasteiger partial charge in [0.05, 0.1) is 25.4 Å². The van der Waals surface area contributed by atoms with Gasteiger partial charge >= 0.3 is 5.97 Å². The average Bonchev–Trinajstić information content (AvgIpc) is 2.67. The lowest BCUT2D eigenvalue weighted by molar-refractivity contribution is 0.0263. The number of hydrogen-bond acceptors (Lipinski definition) is 5. The molecule has 1 atom stereocenters. The molecule has 25 heavy (non-hydrogen) atoms. The van der Waals surface area contributed by atoms with Gasteiger partial charge in [-0.3, -0.25) is 0 Å². The number of aromatic carboxylic acids is 1. The summed E-state index contributed by atoms with van der Waals surface area (Å²) in [6, 6.07) is 13.1. The van der Waals surface area contributed by atoms with Crippen LogP contribution < -0.4 is 15.4 Å². The number of methoxy groups -OCH3 is 1. The molecule has 0 aromatic heterocycles. The second-order valence-electron chi connectivity index (χ2n) is 5.87. The van der Waals surface area contributed by atoms with Crippen molar-refractivity contribution in [3.63, 3.8) is 0 Å². The molecule has 3 rings (SSSR count). The summed E-state index contributed by atoms with van der Waals surface area (Å²) >= 11 is 0.